The molecule has 3 rings (SSSR count). The standard InChI is InChI=1S/C20H22N4OS/c1-15(16-9-5-3-6-10-16)13-21-18(25)14-26-20-23-22-19(24(20)2)17-11-7-4-8-12-17/h3-12,15H,13-14H2,1-2H3,(H,21,25)/t15-/m1/s1. The first-order valence-corrected chi connectivity index (χ1v) is 9.53. The molecular weight excluding hydrogens is 344 g/mol. The van der Waals surface area contributed by atoms with Crippen LogP contribution in [0.5, 0.6) is 0 Å². The minimum Gasteiger partial charge on any atom is -0.355 e. The highest BCUT2D eigenvalue weighted by atomic mass is 32.2. The molecule has 6 heteroatoms. The molecule has 3 aromatic rings. The number of hydrogen-bond donors (Lipinski definition) is 1. The van der Waals surface area contributed by atoms with Crippen LogP contribution in [0.15, 0.2) is 65.8 Å². The van der Waals surface area contributed by atoms with E-state index in [1.54, 1.807) is 0 Å². The molecule has 134 valence electrons. The van der Waals surface area contributed by atoms with Gasteiger partial charge in [0.15, 0.2) is 11.0 Å². The van der Waals surface area contributed by atoms with Gasteiger partial charge < -0.3 is 9.88 Å². The molecule has 5 nitrogen and oxygen atoms in total. The van der Waals surface area contributed by atoms with E-state index in [4.69, 9.17) is 0 Å². The van der Waals surface area contributed by atoms with Crippen LogP contribution >= 0.6 is 11.8 Å². The average Bonchev–Trinajstić information content (AvgIpc) is 3.06. The summed E-state index contributed by atoms with van der Waals surface area (Å²) in [6.45, 7) is 2.73. The van der Waals surface area contributed by atoms with Crippen molar-refractivity contribution in [1.82, 2.24) is 20.1 Å². The zero-order chi connectivity index (χ0) is 18.4. The van der Waals surface area contributed by atoms with Crippen molar-refractivity contribution in [3.05, 3.63) is 66.2 Å². The van der Waals surface area contributed by atoms with E-state index in [1.807, 2.05) is 60.1 Å². The second kappa shape index (κ2) is 8.67. The van der Waals surface area contributed by atoms with Crippen LogP contribution in [0.4, 0.5) is 0 Å². The summed E-state index contributed by atoms with van der Waals surface area (Å²) < 4.78 is 1.92. The number of aromatic nitrogens is 3. The van der Waals surface area contributed by atoms with Crippen LogP contribution in [-0.4, -0.2) is 33.0 Å². The van der Waals surface area contributed by atoms with Gasteiger partial charge in [-0.1, -0.05) is 79.3 Å². The Morgan fingerprint density at radius 1 is 1.08 bits per heavy atom. The minimum absolute atomic E-state index is 0.00189. The molecule has 2 aromatic carbocycles. The number of nitrogens with zero attached hydrogens (tertiary/aromatic N) is 3. The normalized spacial score (nSPS) is 11.9. The van der Waals surface area contributed by atoms with Crippen LogP contribution in [0.2, 0.25) is 0 Å². The minimum atomic E-state index is 0.00189. The lowest BCUT2D eigenvalue weighted by atomic mass is 10.0. The van der Waals surface area contributed by atoms with Crippen molar-refractivity contribution >= 4 is 17.7 Å². The molecule has 1 N–H and O–H groups in total. The van der Waals surface area contributed by atoms with Gasteiger partial charge in [-0.05, 0) is 11.5 Å². The molecule has 0 aliphatic rings. The van der Waals surface area contributed by atoms with Gasteiger partial charge in [-0.2, -0.15) is 0 Å². The van der Waals surface area contributed by atoms with Gasteiger partial charge in [-0.25, -0.2) is 0 Å². The van der Waals surface area contributed by atoms with Gasteiger partial charge in [0, 0.05) is 19.2 Å². The maximum absolute atomic E-state index is 12.2. The second-order valence-electron chi connectivity index (χ2n) is 6.14. The highest BCUT2D eigenvalue weighted by Crippen LogP contribution is 2.22. The van der Waals surface area contributed by atoms with E-state index < -0.39 is 0 Å². The Kier molecular flexibility index (Phi) is 6.07. The summed E-state index contributed by atoms with van der Waals surface area (Å²) in [6.07, 6.45) is 0. The molecule has 0 fully saturated rings. The van der Waals surface area contributed by atoms with E-state index in [9.17, 15) is 4.79 Å². The number of thioether (sulfide) groups is 1. The van der Waals surface area contributed by atoms with E-state index in [0.29, 0.717) is 12.3 Å². The predicted octanol–water partition coefficient (Wildman–Crippen LogP) is 3.49. The third-order valence-corrected chi connectivity index (χ3v) is 5.19. The highest BCUT2D eigenvalue weighted by Gasteiger charge is 2.13. The lowest BCUT2D eigenvalue weighted by Gasteiger charge is -2.12. The molecular formula is C20H22N4OS. The van der Waals surface area contributed by atoms with Gasteiger partial charge in [0.05, 0.1) is 5.75 Å². The van der Waals surface area contributed by atoms with Crippen LogP contribution in [0.3, 0.4) is 0 Å². The maximum atomic E-state index is 12.2. The smallest absolute Gasteiger partial charge is 0.230 e. The van der Waals surface area contributed by atoms with Crippen LogP contribution in [0, 0.1) is 0 Å². The SMILES string of the molecule is C[C@H](CNC(=O)CSc1nnc(-c2ccccc2)n1C)c1ccccc1. The van der Waals surface area contributed by atoms with Gasteiger partial charge in [-0.3, -0.25) is 4.79 Å². The van der Waals surface area contributed by atoms with Crippen LogP contribution in [0.25, 0.3) is 11.4 Å². The van der Waals surface area contributed by atoms with Crippen molar-refractivity contribution in [2.45, 2.75) is 18.0 Å². The van der Waals surface area contributed by atoms with Crippen LogP contribution in [-0.2, 0) is 11.8 Å². The molecule has 0 spiro atoms. The summed E-state index contributed by atoms with van der Waals surface area (Å²) in [5.41, 5.74) is 2.23. The van der Waals surface area contributed by atoms with Gasteiger partial charge in [0.25, 0.3) is 0 Å². The zero-order valence-corrected chi connectivity index (χ0v) is 15.7. The Morgan fingerprint density at radius 3 is 2.42 bits per heavy atom. The molecule has 0 aliphatic carbocycles. The van der Waals surface area contributed by atoms with Crippen molar-refractivity contribution in [2.75, 3.05) is 12.3 Å². The molecule has 0 bridgehead atoms. The number of nitrogens with one attached hydrogen (secondary N) is 1. The molecule has 1 amide bonds. The first-order valence-electron chi connectivity index (χ1n) is 8.54. The lowest BCUT2D eigenvalue weighted by Crippen LogP contribution is -2.29. The van der Waals surface area contributed by atoms with Crippen molar-refractivity contribution in [2.24, 2.45) is 7.05 Å². The van der Waals surface area contributed by atoms with E-state index in [1.165, 1.54) is 17.3 Å². The fourth-order valence-corrected chi connectivity index (χ4v) is 3.37. The quantitative estimate of drug-likeness (QED) is 0.650. The fourth-order valence-electron chi connectivity index (χ4n) is 2.63. The van der Waals surface area contributed by atoms with Gasteiger partial charge in [0.1, 0.15) is 0 Å². The molecule has 0 unspecified atom stereocenters. The van der Waals surface area contributed by atoms with Crippen molar-refractivity contribution in [3.8, 4) is 11.4 Å². The predicted molar refractivity (Wildman–Crippen MR) is 105 cm³/mol. The summed E-state index contributed by atoms with van der Waals surface area (Å²) in [5.74, 6) is 1.40. The van der Waals surface area contributed by atoms with Crippen molar-refractivity contribution < 1.29 is 4.79 Å². The summed E-state index contributed by atoms with van der Waals surface area (Å²) in [4.78, 5) is 12.2. The van der Waals surface area contributed by atoms with Gasteiger partial charge in [0.2, 0.25) is 5.91 Å². The van der Waals surface area contributed by atoms with E-state index in [-0.39, 0.29) is 11.8 Å². The molecule has 0 saturated heterocycles. The third-order valence-electron chi connectivity index (χ3n) is 4.17. The molecule has 1 atom stereocenters. The van der Waals surface area contributed by atoms with Crippen molar-refractivity contribution in [1.29, 1.82) is 0 Å². The summed E-state index contributed by atoms with van der Waals surface area (Å²) >= 11 is 1.40. The molecule has 1 heterocycles. The summed E-state index contributed by atoms with van der Waals surface area (Å²) in [5, 5.41) is 12.2. The van der Waals surface area contributed by atoms with Gasteiger partial charge in [-0.15, -0.1) is 10.2 Å². The van der Waals surface area contributed by atoms with Crippen LogP contribution in [0.1, 0.15) is 18.4 Å². The second-order valence-corrected chi connectivity index (χ2v) is 7.08. The number of hydrogen-bond acceptors (Lipinski definition) is 4. The Labute approximate surface area is 157 Å². The zero-order valence-electron chi connectivity index (χ0n) is 14.9. The Balaban J connectivity index is 1.51. The molecule has 1 aromatic heterocycles. The largest absolute Gasteiger partial charge is 0.355 e. The Bertz CT molecular complexity index is 849. The Morgan fingerprint density at radius 2 is 1.73 bits per heavy atom. The van der Waals surface area contributed by atoms with Gasteiger partial charge >= 0.3 is 0 Å². The number of carbonyl (C=O) groups is 1. The first kappa shape index (κ1) is 18.2. The fraction of sp³-hybridized carbons (Fsp3) is 0.250. The topological polar surface area (TPSA) is 59.8 Å². The highest BCUT2D eigenvalue weighted by molar-refractivity contribution is 7.99. The molecule has 0 radical (unpaired) electrons. The Hall–Kier alpha value is -2.60. The first-order chi connectivity index (χ1) is 12.6. The summed E-state index contributed by atoms with van der Waals surface area (Å²) in [7, 11) is 1.92. The molecule has 26 heavy (non-hydrogen) atoms. The van der Waals surface area contributed by atoms with E-state index >= 15 is 0 Å². The number of amides is 1. The monoisotopic (exact) mass is 366 g/mol. The van der Waals surface area contributed by atoms with E-state index in [0.717, 1.165) is 16.5 Å². The number of carbonyl (C=O) groups excluding carboxylic acids is 1. The number of rotatable bonds is 7. The third kappa shape index (κ3) is 4.52. The van der Waals surface area contributed by atoms with E-state index in [2.05, 4.69) is 34.6 Å². The average molecular weight is 366 g/mol. The number of benzene rings is 2. The molecule has 0 saturated carbocycles. The maximum Gasteiger partial charge on any atom is 0.230 e. The van der Waals surface area contributed by atoms with Crippen molar-refractivity contribution in [3.63, 3.8) is 0 Å². The molecule has 0 aliphatic heterocycles. The van der Waals surface area contributed by atoms with Crippen LogP contribution < -0.4 is 5.32 Å². The lowest BCUT2D eigenvalue weighted by molar-refractivity contribution is -0.118. The summed E-state index contributed by atoms with van der Waals surface area (Å²) in [6, 6.07) is 20.1.